The summed E-state index contributed by atoms with van der Waals surface area (Å²) in [6.45, 7) is 6.37. The number of imide groups is 1. The molecule has 136 valence electrons. The SMILES string of the molecule is CCN(CC)CCN1C(=O)c2cc(N)cc3cc([N+](=O)[O-])cc(c23)C1=O. The molecule has 0 radical (unpaired) electrons. The molecule has 2 amide bonds. The quantitative estimate of drug-likeness (QED) is 0.368. The monoisotopic (exact) mass is 356 g/mol. The van der Waals surface area contributed by atoms with Crippen LogP contribution in [0.2, 0.25) is 0 Å². The highest BCUT2D eigenvalue weighted by atomic mass is 16.6. The lowest BCUT2D eigenvalue weighted by Crippen LogP contribution is -2.44. The zero-order valence-electron chi connectivity index (χ0n) is 14.7. The molecule has 8 nitrogen and oxygen atoms in total. The fourth-order valence-corrected chi connectivity index (χ4v) is 3.33. The molecule has 0 aliphatic carbocycles. The number of hydrogen-bond donors (Lipinski definition) is 1. The van der Waals surface area contributed by atoms with Crippen LogP contribution in [0.4, 0.5) is 11.4 Å². The van der Waals surface area contributed by atoms with E-state index < -0.39 is 16.7 Å². The maximum absolute atomic E-state index is 12.9. The van der Waals surface area contributed by atoms with Crippen LogP contribution in [0.5, 0.6) is 0 Å². The van der Waals surface area contributed by atoms with Gasteiger partial charge in [-0.15, -0.1) is 0 Å². The number of nitrogens with two attached hydrogens (primary N) is 1. The molecule has 2 aromatic rings. The van der Waals surface area contributed by atoms with Gasteiger partial charge in [0, 0.05) is 36.3 Å². The minimum atomic E-state index is -0.553. The average molecular weight is 356 g/mol. The summed E-state index contributed by atoms with van der Waals surface area (Å²) in [5, 5.41) is 12.1. The van der Waals surface area contributed by atoms with E-state index in [1.165, 1.54) is 18.2 Å². The number of nitro benzene ring substituents is 1. The average Bonchev–Trinajstić information content (AvgIpc) is 2.61. The van der Waals surface area contributed by atoms with E-state index in [2.05, 4.69) is 4.90 Å². The maximum Gasteiger partial charge on any atom is 0.270 e. The molecule has 0 aromatic heterocycles. The van der Waals surface area contributed by atoms with Gasteiger partial charge in [-0.05, 0) is 30.6 Å². The number of carbonyl (C=O) groups excluding carboxylic acids is 2. The Bertz CT molecular complexity index is 921. The van der Waals surface area contributed by atoms with Crippen molar-refractivity contribution in [3.05, 3.63) is 45.5 Å². The first-order valence-corrected chi connectivity index (χ1v) is 8.47. The van der Waals surface area contributed by atoms with Crippen LogP contribution in [-0.4, -0.2) is 52.7 Å². The molecule has 3 rings (SSSR count). The van der Waals surface area contributed by atoms with Crippen molar-refractivity contribution in [3.63, 3.8) is 0 Å². The highest BCUT2D eigenvalue weighted by Gasteiger charge is 2.34. The first-order valence-electron chi connectivity index (χ1n) is 8.47. The first kappa shape index (κ1) is 17.8. The minimum absolute atomic E-state index is 0.170. The predicted molar refractivity (Wildman–Crippen MR) is 98.2 cm³/mol. The van der Waals surface area contributed by atoms with E-state index in [0.717, 1.165) is 18.0 Å². The van der Waals surface area contributed by atoms with Crippen LogP contribution in [0.1, 0.15) is 34.6 Å². The second-order valence-corrected chi connectivity index (χ2v) is 6.21. The summed E-state index contributed by atoms with van der Waals surface area (Å²) >= 11 is 0. The molecule has 0 spiro atoms. The smallest absolute Gasteiger partial charge is 0.270 e. The van der Waals surface area contributed by atoms with Gasteiger partial charge in [0.15, 0.2) is 0 Å². The van der Waals surface area contributed by atoms with Crippen molar-refractivity contribution in [2.75, 3.05) is 31.9 Å². The van der Waals surface area contributed by atoms with Crippen molar-refractivity contribution in [2.24, 2.45) is 0 Å². The van der Waals surface area contributed by atoms with Crippen LogP contribution in [0.3, 0.4) is 0 Å². The Balaban J connectivity index is 2.12. The number of amides is 2. The van der Waals surface area contributed by atoms with Crippen molar-refractivity contribution >= 4 is 34.0 Å². The van der Waals surface area contributed by atoms with Gasteiger partial charge in [-0.2, -0.15) is 0 Å². The van der Waals surface area contributed by atoms with Gasteiger partial charge in [0.05, 0.1) is 16.1 Å². The second kappa shape index (κ2) is 6.72. The number of carbonyl (C=O) groups is 2. The third kappa shape index (κ3) is 2.88. The van der Waals surface area contributed by atoms with E-state index in [-0.39, 0.29) is 17.8 Å². The standard InChI is InChI=1S/C18H20N4O4/c1-3-20(4-2)5-6-21-17(23)14-9-12(19)7-11-8-13(22(25)26)10-15(16(11)14)18(21)24/h7-10H,3-6,19H2,1-2H3. The summed E-state index contributed by atoms with van der Waals surface area (Å²) in [7, 11) is 0. The minimum Gasteiger partial charge on any atom is -0.399 e. The molecule has 0 bridgehead atoms. The molecule has 26 heavy (non-hydrogen) atoms. The topological polar surface area (TPSA) is 110 Å². The van der Waals surface area contributed by atoms with E-state index in [1.807, 2.05) is 13.8 Å². The van der Waals surface area contributed by atoms with Crippen LogP contribution in [0, 0.1) is 10.1 Å². The molecule has 0 atom stereocenters. The van der Waals surface area contributed by atoms with Crippen molar-refractivity contribution in [2.45, 2.75) is 13.8 Å². The summed E-state index contributed by atoms with van der Waals surface area (Å²) in [5.41, 5.74) is 6.48. The highest BCUT2D eigenvalue weighted by Crippen LogP contribution is 2.35. The normalized spacial score (nSPS) is 13.7. The van der Waals surface area contributed by atoms with Gasteiger partial charge < -0.3 is 10.6 Å². The number of nitrogen functional groups attached to an aromatic ring is 1. The van der Waals surface area contributed by atoms with Gasteiger partial charge in [-0.1, -0.05) is 13.8 Å². The lowest BCUT2D eigenvalue weighted by Gasteiger charge is -2.29. The zero-order valence-corrected chi connectivity index (χ0v) is 14.7. The zero-order chi connectivity index (χ0) is 19.0. The van der Waals surface area contributed by atoms with Gasteiger partial charge in [-0.3, -0.25) is 24.6 Å². The van der Waals surface area contributed by atoms with E-state index in [0.29, 0.717) is 28.6 Å². The molecule has 1 heterocycles. The Morgan fingerprint density at radius 1 is 1.08 bits per heavy atom. The molecule has 1 aliphatic rings. The molecule has 8 heteroatoms. The molecule has 2 N–H and O–H groups in total. The summed E-state index contributed by atoms with van der Waals surface area (Å²) in [5.74, 6) is -0.922. The van der Waals surface area contributed by atoms with Crippen LogP contribution < -0.4 is 5.73 Å². The van der Waals surface area contributed by atoms with Gasteiger partial charge in [-0.25, -0.2) is 0 Å². The number of hydrogen-bond acceptors (Lipinski definition) is 6. The Morgan fingerprint density at radius 2 is 1.69 bits per heavy atom. The second-order valence-electron chi connectivity index (χ2n) is 6.21. The number of nitro groups is 1. The molecule has 0 fully saturated rings. The Labute approximate surface area is 150 Å². The maximum atomic E-state index is 12.9. The molecular weight excluding hydrogens is 336 g/mol. The third-order valence-corrected chi connectivity index (χ3v) is 4.75. The van der Waals surface area contributed by atoms with Crippen molar-refractivity contribution < 1.29 is 14.5 Å². The van der Waals surface area contributed by atoms with E-state index in [1.54, 1.807) is 6.07 Å². The number of anilines is 1. The van der Waals surface area contributed by atoms with E-state index >= 15 is 0 Å². The Morgan fingerprint density at radius 3 is 2.27 bits per heavy atom. The first-order chi connectivity index (χ1) is 12.4. The largest absolute Gasteiger partial charge is 0.399 e. The number of nitrogens with zero attached hydrogens (tertiary/aromatic N) is 3. The Kier molecular flexibility index (Phi) is 4.60. The van der Waals surface area contributed by atoms with Crippen molar-refractivity contribution in [1.82, 2.24) is 9.80 Å². The predicted octanol–water partition coefficient (Wildman–Crippen LogP) is 2.27. The van der Waals surface area contributed by atoms with Gasteiger partial charge in [0.25, 0.3) is 17.5 Å². The third-order valence-electron chi connectivity index (χ3n) is 4.75. The molecule has 1 aliphatic heterocycles. The van der Waals surface area contributed by atoms with Crippen LogP contribution in [0.25, 0.3) is 10.8 Å². The number of benzene rings is 2. The van der Waals surface area contributed by atoms with E-state index in [9.17, 15) is 19.7 Å². The molecular formula is C18H20N4O4. The van der Waals surface area contributed by atoms with Crippen molar-refractivity contribution in [3.8, 4) is 0 Å². The fourth-order valence-electron chi connectivity index (χ4n) is 3.33. The molecule has 0 saturated carbocycles. The van der Waals surface area contributed by atoms with E-state index in [4.69, 9.17) is 5.73 Å². The number of rotatable bonds is 6. The summed E-state index contributed by atoms with van der Waals surface area (Å²) < 4.78 is 0. The van der Waals surface area contributed by atoms with Gasteiger partial charge >= 0.3 is 0 Å². The lowest BCUT2D eigenvalue weighted by atomic mass is 9.92. The highest BCUT2D eigenvalue weighted by molar-refractivity contribution is 6.26. The lowest BCUT2D eigenvalue weighted by molar-refractivity contribution is -0.384. The summed E-state index contributed by atoms with van der Waals surface area (Å²) in [6, 6.07) is 5.64. The summed E-state index contributed by atoms with van der Waals surface area (Å²) in [4.78, 5) is 39.7. The Hall–Kier alpha value is -3.00. The van der Waals surface area contributed by atoms with Crippen molar-refractivity contribution in [1.29, 1.82) is 0 Å². The number of likely N-dealkylation sites (N-methyl/N-ethyl adjacent to an activating group) is 1. The van der Waals surface area contributed by atoms with Gasteiger partial charge in [0.1, 0.15) is 0 Å². The van der Waals surface area contributed by atoms with Crippen LogP contribution >= 0.6 is 0 Å². The summed E-state index contributed by atoms with van der Waals surface area (Å²) in [6.07, 6.45) is 0. The fraction of sp³-hybridized carbons (Fsp3) is 0.333. The number of non-ortho nitro benzene ring substituents is 1. The molecule has 0 unspecified atom stereocenters. The molecule has 0 saturated heterocycles. The van der Waals surface area contributed by atoms with Crippen LogP contribution in [0.15, 0.2) is 24.3 Å². The van der Waals surface area contributed by atoms with Crippen LogP contribution in [-0.2, 0) is 0 Å². The van der Waals surface area contributed by atoms with Gasteiger partial charge in [0.2, 0.25) is 0 Å². The molecule has 2 aromatic carbocycles.